The van der Waals surface area contributed by atoms with E-state index in [1.165, 1.54) is 0 Å². The average Bonchev–Trinajstić information content (AvgIpc) is 2.74. The van der Waals surface area contributed by atoms with Crippen LogP contribution in [0.5, 0.6) is 0 Å². The molecular formula is C11H15N3O. The standard InChI is InChI=1S/C11H15N3O/c1-8-5-9(2)14(13-8)7-11-10(6-12)3-4-15-11/h3-5H,6-7,12H2,1-2H3. The summed E-state index contributed by atoms with van der Waals surface area (Å²) in [6.07, 6.45) is 1.67. The minimum absolute atomic E-state index is 0.505. The molecule has 15 heavy (non-hydrogen) atoms. The molecule has 0 amide bonds. The van der Waals surface area contributed by atoms with Crippen molar-refractivity contribution in [2.45, 2.75) is 26.9 Å². The second-order valence-electron chi connectivity index (χ2n) is 3.66. The van der Waals surface area contributed by atoms with Crippen LogP contribution in [0.25, 0.3) is 0 Å². The monoisotopic (exact) mass is 205 g/mol. The summed E-state index contributed by atoms with van der Waals surface area (Å²) < 4.78 is 7.31. The van der Waals surface area contributed by atoms with E-state index < -0.39 is 0 Å². The maximum Gasteiger partial charge on any atom is 0.129 e. The van der Waals surface area contributed by atoms with Crippen LogP contribution >= 0.6 is 0 Å². The van der Waals surface area contributed by atoms with Crippen molar-refractivity contribution in [1.82, 2.24) is 9.78 Å². The SMILES string of the molecule is Cc1cc(C)n(Cc2occc2CN)n1. The van der Waals surface area contributed by atoms with Gasteiger partial charge in [0, 0.05) is 17.8 Å². The zero-order chi connectivity index (χ0) is 10.8. The molecule has 0 atom stereocenters. The molecule has 0 aromatic carbocycles. The summed E-state index contributed by atoms with van der Waals surface area (Å²) in [4.78, 5) is 0. The molecule has 0 spiro atoms. The molecule has 2 aromatic heterocycles. The first-order valence-electron chi connectivity index (χ1n) is 4.97. The van der Waals surface area contributed by atoms with Gasteiger partial charge in [-0.15, -0.1) is 0 Å². The molecule has 0 aliphatic carbocycles. The molecule has 0 aliphatic rings. The maximum atomic E-state index is 5.60. The van der Waals surface area contributed by atoms with E-state index in [4.69, 9.17) is 10.2 Å². The Bertz CT molecular complexity index is 456. The molecule has 0 radical (unpaired) electrons. The van der Waals surface area contributed by atoms with Gasteiger partial charge >= 0.3 is 0 Å². The van der Waals surface area contributed by atoms with Crippen molar-refractivity contribution in [3.8, 4) is 0 Å². The molecule has 0 saturated heterocycles. The molecule has 0 bridgehead atoms. The zero-order valence-electron chi connectivity index (χ0n) is 9.03. The van der Waals surface area contributed by atoms with Gasteiger partial charge in [0.15, 0.2) is 0 Å². The van der Waals surface area contributed by atoms with Crippen molar-refractivity contribution in [2.75, 3.05) is 0 Å². The molecule has 0 fully saturated rings. The number of rotatable bonds is 3. The number of aryl methyl sites for hydroxylation is 2. The third-order valence-corrected chi connectivity index (χ3v) is 2.45. The molecular weight excluding hydrogens is 190 g/mol. The number of nitrogens with zero attached hydrogens (tertiary/aromatic N) is 2. The van der Waals surface area contributed by atoms with Crippen LogP contribution in [0.2, 0.25) is 0 Å². The quantitative estimate of drug-likeness (QED) is 0.828. The topological polar surface area (TPSA) is 57.0 Å². The average molecular weight is 205 g/mol. The predicted octanol–water partition coefficient (Wildman–Crippen LogP) is 1.60. The molecule has 2 aromatic rings. The van der Waals surface area contributed by atoms with Crippen LogP contribution in [0, 0.1) is 13.8 Å². The first kappa shape index (κ1) is 9.98. The molecule has 80 valence electrons. The van der Waals surface area contributed by atoms with E-state index in [2.05, 4.69) is 5.10 Å². The lowest BCUT2D eigenvalue weighted by atomic mass is 10.2. The highest BCUT2D eigenvalue weighted by Gasteiger charge is 2.08. The van der Waals surface area contributed by atoms with Gasteiger partial charge in [0.05, 0.1) is 18.5 Å². The van der Waals surface area contributed by atoms with E-state index in [9.17, 15) is 0 Å². The van der Waals surface area contributed by atoms with E-state index >= 15 is 0 Å². The summed E-state index contributed by atoms with van der Waals surface area (Å²) in [5.74, 6) is 0.892. The van der Waals surface area contributed by atoms with Crippen LogP contribution in [-0.2, 0) is 13.1 Å². The van der Waals surface area contributed by atoms with E-state index in [1.807, 2.05) is 30.7 Å². The Hall–Kier alpha value is -1.55. The van der Waals surface area contributed by atoms with Crippen molar-refractivity contribution in [1.29, 1.82) is 0 Å². The second-order valence-corrected chi connectivity index (χ2v) is 3.66. The largest absolute Gasteiger partial charge is 0.467 e. The van der Waals surface area contributed by atoms with Gasteiger partial charge in [0.1, 0.15) is 5.76 Å². The van der Waals surface area contributed by atoms with Crippen molar-refractivity contribution in [3.05, 3.63) is 41.1 Å². The minimum atomic E-state index is 0.505. The van der Waals surface area contributed by atoms with Crippen molar-refractivity contribution >= 4 is 0 Å². The molecule has 2 heterocycles. The van der Waals surface area contributed by atoms with Crippen molar-refractivity contribution < 1.29 is 4.42 Å². The smallest absolute Gasteiger partial charge is 0.129 e. The van der Waals surface area contributed by atoms with Gasteiger partial charge in [-0.2, -0.15) is 5.10 Å². The number of aromatic nitrogens is 2. The van der Waals surface area contributed by atoms with Gasteiger partial charge in [-0.05, 0) is 26.0 Å². The Kier molecular flexibility index (Phi) is 2.60. The molecule has 0 unspecified atom stereocenters. The van der Waals surface area contributed by atoms with Gasteiger partial charge in [0.25, 0.3) is 0 Å². The molecule has 4 heteroatoms. The van der Waals surface area contributed by atoms with Gasteiger partial charge < -0.3 is 10.2 Å². The van der Waals surface area contributed by atoms with E-state index in [0.29, 0.717) is 13.1 Å². The van der Waals surface area contributed by atoms with Crippen molar-refractivity contribution in [2.24, 2.45) is 5.73 Å². The second kappa shape index (κ2) is 3.90. The number of hydrogen-bond donors (Lipinski definition) is 1. The lowest BCUT2D eigenvalue weighted by Gasteiger charge is -2.03. The van der Waals surface area contributed by atoms with E-state index in [-0.39, 0.29) is 0 Å². The molecule has 2 N–H and O–H groups in total. The Labute approximate surface area is 88.7 Å². The van der Waals surface area contributed by atoms with Crippen LogP contribution in [-0.4, -0.2) is 9.78 Å². The summed E-state index contributed by atoms with van der Waals surface area (Å²) in [6, 6.07) is 3.95. The first-order chi connectivity index (χ1) is 7.20. The number of hydrogen-bond acceptors (Lipinski definition) is 3. The Morgan fingerprint density at radius 1 is 1.47 bits per heavy atom. The highest BCUT2D eigenvalue weighted by molar-refractivity contribution is 5.18. The van der Waals surface area contributed by atoms with Gasteiger partial charge in [0.2, 0.25) is 0 Å². The number of furan rings is 1. The maximum absolute atomic E-state index is 5.60. The molecule has 0 aliphatic heterocycles. The van der Waals surface area contributed by atoms with Gasteiger partial charge in [-0.1, -0.05) is 0 Å². The van der Waals surface area contributed by atoms with E-state index in [1.54, 1.807) is 6.26 Å². The zero-order valence-corrected chi connectivity index (χ0v) is 9.03. The fraction of sp³-hybridized carbons (Fsp3) is 0.364. The minimum Gasteiger partial charge on any atom is -0.467 e. The van der Waals surface area contributed by atoms with Crippen LogP contribution in [0.15, 0.2) is 22.8 Å². The summed E-state index contributed by atoms with van der Waals surface area (Å²) in [5.41, 5.74) is 8.80. The highest BCUT2D eigenvalue weighted by Crippen LogP contribution is 2.13. The predicted molar refractivity (Wildman–Crippen MR) is 57.4 cm³/mol. The summed E-state index contributed by atoms with van der Waals surface area (Å²) in [6.45, 7) is 5.17. The molecule has 2 rings (SSSR count). The summed E-state index contributed by atoms with van der Waals surface area (Å²) in [5, 5.41) is 4.38. The van der Waals surface area contributed by atoms with Crippen molar-refractivity contribution in [3.63, 3.8) is 0 Å². The Balaban J connectivity index is 2.25. The third kappa shape index (κ3) is 1.94. The fourth-order valence-corrected chi connectivity index (χ4v) is 1.66. The third-order valence-electron chi connectivity index (χ3n) is 2.45. The lowest BCUT2D eigenvalue weighted by molar-refractivity contribution is 0.471. The van der Waals surface area contributed by atoms with Crippen LogP contribution < -0.4 is 5.73 Å². The Morgan fingerprint density at radius 3 is 2.87 bits per heavy atom. The normalized spacial score (nSPS) is 10.9. The summed E-state index contributed by atoms with van der Waals surface area (Å²) >= 11 is 0. The van der Waals surface area contributed by atoms with Crippen LogP contribution in [0.3, 0.4) is 0 Å². The molecule has 4 nitrogen and oxygen atoms in total. The lowest BCUT2D eigenvalue weighted by Crippen LogP contribution is -2.06. The van der Waals surface area contributed by atoms with Crippen LogP contribution in [0.1, 0.15) is 22.7 Å². The van der Waals surface area contributed by atoms with E-state index in [0.717, 1.165) is 22.7 Å². The highest BCUT2D eigenvalue weighted by atomic mass is 16.3. The fourth-order valence-electron chi connectivity index (χ4n) is 1.66. The first-order valence-corrected chi connectivity index (χ1v) is 4.97. The summed E-state index contributed by atoms with van der Waals surface area (Å²) in [7, 11) is 0. The van der Waals surface area contributed by atoms with Crippen LogP contribution in [0.4, 0.5) is 0 Å². The Morgan fingerprint density at radius 2 is 2.27 bits per heavy atom. The van der Waals surface area contributed by atoms with Gasteiger partial charge in [-0.25, -0.2) is 0 Å². The number of nitrogens with two attached hydrogens (primary N) is 1. The molecule has 0 saturated carbocycles. The van der Waals surface area contributed by atoms with Gasteiger partial charge in [-0.3, -0.25) is 4.68 Å².